The van der Waals surface area contributed by atoms with Crippen molar-refractivity contribution in [3.8, 4) is 0 Å². The maximum Gasteiger partial charge on any atom is 0.327 e. The lowest BCUT2D eigenvalue weighted by atomic mass is 9.98. The Balaban J connectivity index is 2.57. The second-order valence-corrected chi connectivity index (χ2v) is 5.49. The van der Waals surface area contributed by atoms with Gasteiger partial charge >= 0.3 is 5.97 Å². The highest BCUT2D eigenvalue weighted by atomic mass is 32.2. The van der Waals surface area contributed by atoms with Gasteiger partial charge in [0.25, 0.3) is 0 Å². The van der Waals surface area contributed by atoms with E-state index in [-0.39, 0.29) is 5.97 Å². The third-order valence-electron chi connectivity index (χ3n) is 2.54. The Morgan fingerprint density at radius 1 is 1.60 bits per heavy atom. The average molecular weight is 231 g/mol. The summed E-state index contributed by atoms with van der Waals surface area (Å²) in [6.45, 7) is 7.49. The molecule has 1 unspecified atom stereocenters. The Kier molecular flexibility index (Phi) is 4.93. The zero-order chi connectivity index (χ0) is 11.3. The molecule has 0 aromatic rings. The van der Waals surface area contributed by atoms with Gasteiger partial charge in [0.2, 0.25) is 0 Å². The highest BCUT2D eigenvalue weighted by molar-refractivity contribution is 7.99. The molecule has 0 aliphatic carbocycles. The van der Waals surface area contributed by atoms with Crippen molar-refractivity contribution < 1.29 is 9.53 Å². The molecule has 0 radical (unpaired) electrons. The van der Waals surface area contributed by atoms with E-state index < -0.39 is 5.54 Å². The molecule has 0 saturated carbocycles. The van der Waals surface area contributed by atoms with E-state index in [9.17, 15) is 4.79 Å². The van der Waals surface area contributed by atoms with Gasteiger partial charge in [0.05, 0.1) is 6.61 Å². The number of nitrogens with one attached hydrogen (secondary N) is 1. The summed E-state index contributed by atoms with van der Waals surface area (Å²) in [5.41, 5.74) is -0.412. The van der Waals surface area contributed by atoms with Crippen molar-refractivity contribution in [1.82, 2.24) is 5.32 Å². The molecule has 1 fully saturated rings. The van der Waals surface area contributed by atoms with Crippen LogP contribution in [0.4, 0.5) is 0 Å². The van der Waals surface area contributed by atoms with Crippen LogP contribution in [0.15, 0.2) is 0 Å². The maximum atomic E-state index is 11.9. The van der Waals surface area contributed by atoms with Crippen molar-refractivity contribution in [2.24, 2.45) is 5.92 Å². The lowest BCUT2D eigenvalue weighted by Gasteiger charge is -2.28. The van der Waals surface area contributed by atoms with Crippen LogP contribution in [0.3, 0.4) is 0 Å². The normalized spacial score (nSPS) is 25.9. The zero-order valence-corrected chi connectivity index (χ0v) is 10.7. The van der Waals surface area contributed by atoms with Crippen LogP contribution < -0.4 is 5.32 Å². The monoisotopic (exact) mass is 231 g/mol. The third-order valence-corrected chi connectivity index (χ3v) is 3.73. The molecule has 4 heteroatoms. The molecule has 0 aromatic heterocycles. The summed E-state index contributed by atoms with van der Waals surface area (Å²) in [5.74, 6) is 2.38. The summed E-state index contributed by atoms with van der Waals surface area (Å²) in [6, 6.07) is 0. The van der Waals surface area contributed by atoms with E-state index in [0.717, 1.165) is 24.5 Å². The van der Waals surface area contributed by atoms with Crippen LogP contribution in [0.25, 0.3) is 0 Å². The van der Waals surface area contributed by atoms with E-state index in [1.165, 1.54) is 0 Å². The fourth-order valence-electron chi connectivity index (χ4n) is 1.61. The van der Waals surface area contributed by atoms with Gasteiger partial charge < -0.3 is 10.1 Å². The smallest absolute Gasteiger partial charge is 0.327 e. The number of ether oxygens (including phenoxy) is 1. The molecule has 3 nitrogen and oxygen atoms in total. The van der Waals surface area contributed by atoms with Crippen molar-refractivity contribution >= 4 is 17.7 Å². The van der Waals surface area contributed by atoms with E-state index in [1.807, 2.05) is 18.7 Å². The SMILES string of the molecule is CCOC(=O)C1(NCC(C)C)CCSC1. The van der Waals surface area contributed by atoms with Crippen LogP contribution in [0.2, 0.25) is 0 Å². The predicted octanol–water partition coefficient (Wildman–Crippen LogP) is 1.67. The molecule has 88 valence electrons. The first kappa shape index (κ1) is 12.8. The summed E-state index contributed by atoms with van der Waals surface area (Å²) in [5, 5.41) is 3.38. The van der Waals surface area contributed by atoms with Gasteiger partial charge in [-0.05, 0) is 31.6 Å². The zero-order valence-electron chi connectivity index (χ0n) is 9.84. The van der Waals surface area contributed by atoms with Crippen LogP contribution >= 0.6 is 11.8 Å². The number of hydrogen-bond donors (Lipinski definition) is 1. The topological polar surface area (TPSA) is 38.3 Å². The minimum Gasteiger partial charge on any atom is -0.465 e. The van der Waals surface area contributed by atoms with Gasteiger partial charge in [0.1, 0.15) is 5.54 Å². The molecular weight excluding hydrogens is 210 g/mol. The Morgan fingerprint density at radius 3 is 2.80 bits per heavy atom. The van der Waals surface area contributed by atoms with Gasteiger partial charge in [0, 0.05) is 5.75 Å². The highest BCUT2D eigenvalue weighted by Gasteiger charge is 2.42. The Hall–Kier alpha value is -0.220. The van der Waals surface area contributed by atoms with Crippen LogP contribution in [0.1, 0.15) is 27.2 Å². The summed E-state index contributed by atoms with van der Waals surface area (Å²) >= 11 is 1.82. The summed E-state index contributed by atoms with van der Waals surface area (Å²) in [6.07, 6.45) is 0.892. The van der Waals surface area contributed by atoms with E-state index in [2.05, 4.69) is 19.2 Å². The molecule has 0 spiro atoms. The fraction of sp³-hybridized carbons (Fsp3) is 0.909. The van der Waals surface area contributed by atoms with E-state index in [1.54, 1.807) is 0 Å². The maximum absolute atomic E-state index is 11.9. The van der Waals surface area contributed by atoms with Crippen molar-refractivity contribution in [3.05, 3.63) is 0 Å². The van der Waals surface area contributed by atoms with Crippen LogP contribution in [-0.2, 0) is 9.53 Å². The lowest BCUT2D eigenvalue weighted by molar-refractivity contribution is -0.150. The molecule has 1 aliphatic rings. The number of carbonyl (C=O) groups is 1. The summed E-state index contributed by atoms with van der Waals surface area (Å²) in [4.78, 5) is 11.9. The van der Waals surface area contributed by atoms with Crippen LogP contribution in [0, 0.1) is 5.92 Å². The highest BCUT2D eigenvalue weighted by Crippen LogP contribution is 2.29. The first-order valence-corrected chi connectivity index (χ1v) is 6.76. The third kappa shape index (κ3) is 3.38. The molecule has 1 heterocycles. The molecular formula is C11H21NO2S. The quantitative estimate of drug-likeness (QED) is 0.731. The largest absolute Gasteiger partial charge is 0.465 e. The first-order chi connectivity index (χ1) is 7.10. The van der Waals surface area contributed by atoms with Gasteiger partial charge in [-0.2, -0.15) is 11.8 Å². The molecule has 0 amide bonds. The van der Waals surface area contributed by atoms with Gasteiger partial charge in [-0.25, -0.2) is 0 Å². The van der Waals surface area contributed by atoms with Crippen molar-refractivity contribution in [1.29, 1.82) is 0 Å². The molecule has 15 heavy (non-hydrogen) atoms. The van der Waals surface area contributed by atoms with E-state index in [0.29, 0.717) is 12.5 Å². The number of thioether (sulfide) groups is 1. The Labute approximate surface area is 96.3 Å². The van der Waals surface area contributed by atoms with E-state index in [4.69, 9.17) is 4.74 Å². The van der Waals surface area contributed by atoms with Gasteiger partial charge in [-0.15, -0.1) is 0 Å². The van der Waals surface area contributed by atoms with Gasteiger partial charge in [-0.1, -0.05) is 13.8 Å². The minimum absolute atomic E-state index is 0.0735. The molecule has 1 aliphatic heterocycles. The standard InChI is InChI=1S/C11H21NO2S/c1-4-14-10(13)11(5-6-15-8-11)12-7-9(2)3/h9,12H,4-8H2,1-3H3. The molecule has 0 bridgehead atoms. The number of hydrogen-bond acceptors (Lipinski definition) is 4. The summed E-state index contributed by atoms with van der Waals surface area (Å²) in [7, 11) is 0. The summed E-state index contributed by atoms with van der Waals surface area (Å²) < 4.78 is 5.15. The fourth-order valence-corrected chi connectivity index (χ4v) is 2.96. The Morgan fingerprint density at radius 2 is 2.33 bits per heavy atom. The average Bonchev–Trinajstić information content (AvgIpc) is 2.65. The van der Waals surface area contributed by atoms with Gasteiger partial charge in [0.15, 0.2) is 0 Å². The Bertz CT molecular complexity index is 213. The molecule has 1 N–H and O–H groups in total. The van der Waals surface area contributed by atoms with E-state index >= 15 is 0 Å². The second kappa shape index (κ2) is 5.75. The first-order valence-electron chi connectivity index (χ1n) is 5.60. The number of rotatable bonds is 5. The predicted molar refractivity (Wildman–Crippen MR) is 64.1 cm³/mol. The second-order valence-electron chi connectivity index (χ2n) is 4.38. The van der Waals surface area contributed by atoms with Crippen molar-refractivity contribution in [2.45, 2.75) is 32.7 Å². The van der Waals surface area contributed by atoms with Gasteiger partial charge in [-0.3, -0.25) is 4.79 Å². The molecule has 1 rings (SSSR count). The number of esters is 1. The molecule has 0 aromatic carbocycles. The van der Waals surface area contributed by atoms with Crippen LogP contribution in [0.5, 0.6) is 0 Å². The molecule has 1 saturated heterocycles. The molecule has 1 atom stereocenters. The number of carbonyl (C=O) groups excluding carboxylic acids is 1. The van der Waals surface area contributed by atoms with Crippen molar-refractivity contribution in [2.75, 3.05) is 24.7 Å². The minimum atomic E-state index is -0.412. The van der Waals surface area contributed by atoms with Crippen LogP contribution in [-0.4, -0.2) is 36.2 Å². The van der Waals surface area contributed by atoms with Crippen molar-refractivity contribution in [3.63, 3.8) is 0 Å². The lowest BCUT2D eigenvalue weighted by Crippen LogP contribution is -2.54.